The molecule has 0 unspecified atom stereocenters. The summed E-state index contributed by atoms with van der Waals surface area (Å²) in [5, 5.41) is 5.35. The zero-order chi connectivity index (χ0) is 26.1. The Morgan fingerprint density at radius 1 is 1.14 bits per heavy atom. The average Bonchev–Trinajstić information content (AvgIpc) is 3.01. The highest BCUT2D eigenvalue weighted by molar-refractivity contribution is 5.98. The second kappa shape index (κ2) is 9.88. The van der Waals surface area contributed by atoms with E-state index in [1.54, 1.807) is 4.57 Å². The highest BCUT2D eigenvalue weighted by Gasteiger charge is 2.36. The Morgan fingerprint density at radius 2 is 1.83 bits per heavy atom. The van der Waals surface area contributed by atoms with Crippen LogP contribution in [0.2, 0.25) is 0 Å². The number of imidazole rings is 1. The van der Waals surface area contributed by atoms with Gasteiger partial charge < -0.3 is 24.8 Å². The molecule has 0 fully saturated rings. The van der Waals surface area contributed by atoms with E-state index >= 15 is 0 Å². The smallest absolute Gasteiger partial charge is 0.416 e. The van der Waals surface area contributed by atoms with E-state index in [9.17, 15) is 22.8 Å². The lowest BCUT2D eigenvalue weighted by Crippen LogP contribution is -2.53. The van der Waals surface area contributed by atoms with Gasteiger partial charge in [-0.25, -0.2) is 4.98 Å². The number of benzene rings is 1. The quantitative estimate of drug-likeness (QED) is 0.665. The summed E-state index contributed by atoms with van der Waals surface area (Å²) in [5.41, 5.74) is -0.587. The first-order valence-electron chi connectivity index (χ1n) is 11.3. The first kappa shape index (κ1) is 26.5. The molecule has 192 valence electrons. The lowest BCUT2D eigenvalue weighted by Gasteiger charge is -2.29. The summed E-state index contributed by atoms with van der Waals surface area (Å²) >= 11 is 0. The molecule has 0 radical (unpaired) electrons. The number of halogens is 3. The molecule has 0 bridgehead atoms. The summed E-state index contributed by atoms with van der Waals surface area (Å²) in [4.78, 5) is 32.4. The number of likely N-dealkylation sites (N-methyl/N-ethyl adjacent to an activating group) is 1. The third kappa shape index (κ3) is 5.77. The molecule has 0 saturated carbocycles. The van der Waals surface area contributed by atoms with Crippen molar-refractivity contribution in [1.82, 2.24) is 25.1 Å². The van der Waals surface area contributed by atoms with Crippen molar-refractivity contribution in [2.75, 3.05) is 27.7 Å². The molecular formula is C24H32F3N5O3. The lowest BCUT2D eigenvalue weighted by atomic mass is 9.86. The molecule has 8 nitrogen and oxygen atoms in total. The lowest BCUT2D eigenvalue weighted by molar-refractivity contribution is -0.137. The van der Waals surface area contributed by atoms with Crippen LogP contribution >= 0.6 is 0 Å². The van der Waals surface area contributed by atoms with Crippen LogP contribution < -0.4 is 15.4 Å². The van der Waals surface area contributed by atoms with Crippen molar-refractivity contribution in [2.24, 2.45) is 5.41 Å². The molecule has 1 aliphatic rings. The van der Waals surface area contributed by atoms with E-state index in [0.717, 1.165) is 25.1 Å². The van der Waals surface area contributed by atoms with Gasteiger partial charge in [0.05, 0.1) is 18.4 Å². The molecule has 0 aliphatic carbocycles. The first-order chi connectivity index (χ1) is 16.3. The second-order valence-electron chi connectivity index (χ2n) is 9.81. The molecule has 2 N–H and O–H groups in total. The van der Waals surface area contributed by atoms with Crippen LogP contribution in [0.5, 0.6) is 5.75 Å². The van der Waals surface area contributed by atoms with Crippen molar-refractivity contribution in [3.8, 4) is 17.1 Å². The minimum atomic E-state index is -4.58. The van der Waals surface area contributed by atoms with Crippen molar-refractivity contribution in [1.29, 1.82) is 0 Å². The highest BCUT2D eigenvalue weighted by Crippen LogP contribution is 2.36. The van der Waals surface area contributed by atoms with Gasteiger partial charge in [0.15, 0.2) is 5.69 Å². The summed E-state index contributed by atoms with van der Waals surface area (Å²) in [6, 6.07) is 2.58. The monoisotopic (exact) mass is 495 g/mol. The fraction of sp³-hybridized carbons (Fsp3) is 0.542. The average molecular weight is 496 g/mol. The van der Waals surface area contributed by atoms with Crippen LogP contribution in [0, 0.1) is 5.41 Å². The minimum Gasteiger partial charge on any atom is -0.497 e. The van der Waals surface area contributed by atoms with Gasteiger partial charge in [0, 0.05) is 25.7 Å². The van der Waals surface area contributed by atoms with Crippen LogP contribution in [0.15, 0.2) is 18.2 Å². The summed E-state index contributed by atoms with van der Waals surface area (Å²) < 4.78 is 47.6. The molecule has 35 heavy (non-hydrogen) atoms. The molecule has 2 aromatic rings. The Labute approximate surface area is 202 Å². The number of nitrogens with one attached hydrogen (secondary N) is 2. The van der Waals surface area contributed by atoms with Gasteiger partial charge in [-0.05, 0) is 43.6 Å². The number of aromatic nitrogens is 2. The van der Waals surface area contributed by atoms with Crippen LogP contribution in [0.3, 0.4) is 0 Å². The Morgan fingerprint density at radius 3 is 2.40 bits per heavy atom. The molecule has 2 amide bonds. The van der Waals surface area contributed by atoms with Crippen molar-refractivity contribution < 1.29 is 27.5 Å². The number of amides is 2. The topological polar surface area (TPSA) is 88.5 Å². The fourth-order valence-corrected chi connectivity index (χ4v) is 4.15. The van der Waals surface area contributed by atoms with Gasteiger partial charge >= 0.3 is 6.18 Å². The predicted octanol–water partition coefficient (Wildman–Crippen LogP) is 3.30. The van der Waals surface area contributed by atoms with Crippen LogP contribution in [0.1, 0.15) is 48.9 Å². The number of fused-ring (bicyclic) bond motifs is 1. The Balaban J connectivity index is 2.15. The van der Waals surface area contributed by atoms with E-state index in [-0.39, 0.29) is 28.7 Å². The van der Waals surface area contributed by atoms with Gasteiger partial charge in [-0.1, -0.05) is 20.8 Å². The first-order valence-corrected chi connectivity index (χ1v) is 11.3. The van der Waals surface area contributed by atoms with Gasteiger partial charge in [-0.3, -0.25) is 9.59 Å². The third-order valence-electron chi connectivity index (χ3n) is 6.01. The summed E-state index contributed by atoms with van der Waals surface area (Å²) in [6.07, 6.45) is -3.85. The van der Waals surface area contributed by atoms with E-state index in [1.165, 1.54) is 20.2 Å². The van der Waals surface area contributed by atoms with Crippen LogP contribution in [-0.2, 0) is 24.1 Å². The SMILES string of the molecule is CNC(=O)[C@@H](NC(=O)c1nc(-c2cc(OC)cc(C(F)(F)F)c2)n2c1CN(C)CCC2)C(C)(C)C. The maximum atomic E-state index is 13.6. The zero-order valence-electron chi connectivity index (χ0n) is 20.8. The molecule has 11 heteroatoms. The van der Waals surface area contributed by atoms with Crippen LogP contribution in [-0.4, -0.2) is 60.1 Å². The van der Waals surface area contributed by atoms with E-state index < -0.39 is 29.1 Å². The number of ether oxygens (including phenoxy) is 1. The van der Waals surface area contributed by atoms with E-state index in [1.807, 2.05) is 32.7 Å². The number of nitrogens with zero attached hydrogens (tertiary/aromatic N) is 3. The highest BCUT2D eigenvalue weighted by atomic mass is 19.4. The van der Waals surface area contributed by atoms with Gasteiger partial charge in [-0.2, -0.15) is 13.2 Å². The third-order valence-corrected chi connectivity index (χ3v) is 6.01. The number of hydrogen-bond donors (Lipinski definition) is 2. The standard InChI is InChI=1S/C24H32F3N5O3/c1-23(2,3)19(22(34)28-4)30-21(33)18-17-13-31(5)8-7-9-32(17)20(29-18)14-10-15(24(25,26)27)12-16(11-14)35-6/h10-12,19H,7-9,13H2,1-6H3,(H,28,34)(H,30,33)/t19-/m1/s1. The normalized spacial score (nSPS) is 15.7. The van der Waals surface area contributed by atoms with E-state index in [4.69, 9.17) is 4.74 Å². The molecule has 1 aromatic heterocycles. The van der Waals surface area contributed by atoms with Gasteiger partial charge in [-0.15, -0.1) is 0 Å². The largest absolute Gasteiger partial charge is 0.497 e. The number of alkyl halides is 3. The Bertz CT molecular complexity index is 1110. The molecule has 1 atom stereocenters. The molecular weight excluding hydrogens is 463 g/mol. The number of rotatable bonds is 5. The number of carbonyl (C=O) groups is 2. The summed E-state index contributed by atoms with van der Waals surface area (Å²) in [5.74, 6) is -0.623. The summed E-state index contributed by atoms with van der Waals surface area (Å²) in [6.45, 7) is 7.09. The molecule has 0 saturated heterocycles. The molecule has 0 spiro atoms. The van der Waals surface area contributed by atoms with Gasteiger partial charge in [0.2, 0.25) is 5.91 Å². The number of methoxy groups -OCH3 is 1. The van der Waals surface area contributed by atoms with Crippen molar-refractivity contribution in [2.45, 2.75) is 52.5 Å². The molecule has 3 rings (SSSR count). The maximum absolute atomic E-state index is 13.6. The van der Waals surface area contributed by atoms with Gasteiger partial charge in [0.1, 0.15) is 17.6 Å². The van der Waals surface area contributed by atoms with E-state index in [0.29, 0.717) is 18.8 Å². The second-order valence-corrected chi connectivity index (χ2v) is 9.81. The predicted molar refractivity (Wildman–Crippen MR) is 125 cm³/mol. The zero-order valence-corrected chi connectivity index (χ0v) is 20.8. The molecule has 1 aromatic carbocycles. The maximum Gasteiger partial charge on any atom is 0.416 e. The van der Waals surface area contributed by atoms with Crippen molar-refractivity contribution >= 4 is 11.8 Å². The van der Waals surface area contributed by atoms with Crippen molar-refractivity contribution in [3.05, 3.63) is 35.2 Å². The van der Waals surface area contributed by atoms with Crippen LogP contribution in [0.4, 0.5) is 13.2 Å². The Hall–Kier alpha value is -3.08. The molecule has 2 heterocycles. The molecule has 1 aliphatic heterocycles. The Kier molecular flexibility index (Phi) is 7.49. The number of carbonyl (C=O) groups excluding carboxylic acids is 2. The minimum absolute atomic E-state index is 0.0383. The van der Waals surface area contributed by atoms with Crippen molar-refractivity contribution in [3.63, 3.8) is 0 Å². The summed E-state index contributed by atoms with van der Waals surface area (Å²) in [7, 11) is 4.69. The van der Waals surface area contributed by atoms with Crippen LogP contribution in [0.25, 0.3) is 11.4 Å². The fourth-order valence-electron chi connectivity index (χ4n) is 4.15. The number of hydrogen-bond acceptors (Lipinski definition) is 5. The van der Waals surface area contributed by atoms with Gasteiger partial charge in [0.25, 0.3) is 5.91 Å². The van der Waals surface area contributed by atoms with E-state index in [2.05, 4.69) is 15.6 Å².